The number of nitrogen functional groups attached to an aromatic ring is 1. The Kier molecular flexibility index (Phi) is 26.9. The average molecular weight is 1800 g/mol. The van der Waals surface area contributed by atoms with E-state index in [9.17, 15) is 48.5 Å². The number of aliphatic hydroxyl groups excluding tert-OH is 2. The third kappa shape index (κ3) is 18.8. The SMILES string of the molecule is Nc1nc2c(ncn2[C@@H]2O[C@@H]3COP([O-])(=S)O[C@H]4[C@@H](O)[C@H](n5ccc6nccn6c5=O)O[C@@H]4COP(=O)(S)O[C@@H]2[C@@H]3O)c(=O)[nH]1.[C-]#[N+]CCOP1(=S)OC[C@H]2O[C@@H](N3C=CC4=NC=CC4C3=O)[C@H](O[Si](C)(C)C(C)(C)C)[C@@H]2OP(O)(=S)OC[C@H]2O[C@@H](n3cnc4c(=O)[nH]c(NC(=O)C(C)C)nc43)[C@H](O1)[C@@H]2O[Si](C)(C)C(C)(C)C.[NH4+].[NH4+]. The number of hydrogen-bond donors (Lipinski definition) is 10. The van der Waals surface area contributed by atoms with Crippen LogP contribution < -0.4 is 45.1 Å². The third-order valence-electron chi connectivity index (χ3n) is 20.7. The number of nitrogens with one attached hydrogen (secondary N) is 3. The molecule has 5 unspecified atom stereocenters. The van der Waals surface area contributed by atoms with Crippen molar-refractivity contribution in [2.24, 2.45) is 16.8 Å². The van der Waals surface area contributed by atoms with Crippen molar-refractivity contribution in [1.29, 1.82) is 0 Å². The van der Waals surface area contributed by atoms with Gasteiger partial charge in [0.25, 0.3) is 11.1 Å². The maximum absolute atomic E-state index is 14.2. The first-order valence-electron chi connectivity index (χ1n) is 35.4. The molecule has 4 bridgehead atoms. The highest BCUT2D eigenvalue weighted by Gasteiger charge is 2.60. The molecule has 14 rings (SSSR count). The minimum absolute atomic E-state index is 0. The van der Waals surface area contributed by atoms with Crippen LogP contribution >= 0.6 is 39.2 Å². The molecule has 0 saturated carbocycles. The van der Waals surface area contributed by atoms with Crippen molar-refractivity contribution in [2.75, 3.05) is 50.6 Å². The number of nitrogens with two attached hydrogens (primary N) is 1. The number of thiol groups is 1. The minimum atomic E-state index is -4.47. The van der Waals surface area contributed by atoms with Gasteiger partial charge < -0.3 is 93.3 Å². The molecule has 0 radical (unpaired) electrons. The zero-order valence-corrected chi connectivity index (χ0v) is 73.6. The van der Waals surface area contributed by atoms with Gasteiger partial charge in [-0.1, -0.05) is 79.4 Å². The van der Waals surface area contributed by atoms with Crippen LogP contribution in [0.5, 0.6) is 0 Å². The number of nitrogens with zero attached hydrogens (tertiary/aromatic N) is 12. The van der Waals surface area contributed by atoms with Crippen LogP contribution in [0.25, 0.3) is 32.8 Å². The quantitative estimate of drug-likeness (QED) is 0.0234. The van der Waals surface area contributed by atoms with Gasteiger partial charge in [0.1, 0.15) is 98.1 Å². The smallest absolute Gasteiger partial charge is 0.386 e. The van der Waals surface area contributed by atoms with Crippen LogP contribution in [0.3, 0.4) is 0 Å². The maximum Gasteiger partial charge on any atom is 0.386 e. The molecule has 43 nitrogen and oxygen atoms in total. The van der Waals surface area contributed by atoms with Crippen LogP contribution in [0, 0.1) is 18.4 Å². The molecule has 6 aromatic rings. The molecule has 8 aliphatic rings. The zero-order valence-electron chi connectivity index (χ0n) is 64.6. The number of quaternary nitrogens is 2. The van der Waals surface area contributed by atoms with Gasteiger partial charge in [-0.15, -0.1) is 0 Å². The summed E-state index contributed by atoms with van der Waals surface area (Å²) in [6.45, 7) is 11.9. The molecule has 6 aromatic heterocycles. The first-order valence-corrected chi connectivity index (χ1v) is 51.6. The number of amides is 2. The van der Waals surface area contributed by atoms with E-state index >= 15 is 0 Å². The molecule has 6 fully saturated rings. The Morgan fingerprint density at radius 3 is 2.01 bits per heavy atom. The van der Waals surface area contributed by atoms with Gasteiger partial charge in [0.2, 0.25) is 30.3 Å². The predicted molar refractivity (Wildman–Crippen MR) is 431 cm³/mol. The first-order chi connectivity index (χ1) is 52.9. The Morgan fingerprint density at radius 2 is 1.35 bits per heavy atom. The van der Waals surface area contributed by atoms with Gasteiger partial charge in [-0.2, -0.15) is 9.97 Å². The fourth-order valence-electron chi connectivity index (χ4n) is 12.8. The fourth-order valence-corrected chi connectivity index (χ4v) is 21.8. The van der Waals surface area contributed by atoms with Crippen molar-refractivity contribution in [1.82, 2.24) is 70.2 Å². The molecular formula is C62H93N18O25P4S4Si2+. The molecular weight excluding hydrogens is 1710 g/mol. The average Bonchev–Trinajstić information content (AvgIpc) is 1.61. The highest BCUT2D eigenvalue weighted by molar-refractivity contribution is 8.44. The lowest BCUT2D eigenvalue weighted by molar-refractivity contribution is -0.217. The number of carbonyl (C=O) groups is 2. The van der Waals surface area contributed by atoms with E-state index in [1.165, 1.54) is 55.7 Å². The van der Waals surface area contributed by atoms with Crippen LogP contribution in [-0.4, -0.2) is 226 Å². The molecule has 2 amide bonds. The highest BCUT2D eigenvalue weighted by atomic mass is 32.7. The van der Waals surface area contributed by atoms with Crippen molar-refractivity contribution in [3.63, 3.8) is 0 Å². The largest absolute Gasteiger partial charge is 0.780 e. The van der Waals surface area contributed by atoms with Crippen LogP contribution in [0.1, 0.15) is 74.1 Å². The van der Waals surface area contributed by atoms with Gasteiger partial charge in [-0.3, -0.25) is 80.6 Å². The number of rotatable bonds is 13. The summed E-state index contributed by atoms with van der Waals surface area (Å²) in [7, 11) is -5.49. The number of fused-ring (bicyclic) bond motifs is 10. The summed E-state index contributed by atoms with van der Waals surface area (Å²) in [5, 5.41) is 24.2. The lowest BCUT2D eigenvalue weighted by Gasteiger charge is -2.42. The van der Waals surface area contributed by atoms with Crippen LogP contribution in [0.2, 0.25) is 36.3 Å². The van der Waals surface area contributed by atoms with Crippen LogP contribution in [-0.2, 0) is 118 Å². The molecule has 21 atom stereocenters. The summed E-state index contributed by atoms with van der Waals surface area (Å²) in [5.74, 6) is -2.14. The number of anilines is 2. The highest BCUT2D eigenvalue weighted by Crippen LogP contribution is 2.60. The normalized spacial score (nSPS) is 34.0. The topological polar surface area (TPSA) is 571 Å². The number of H-pyrrole nitrogens is 2. The van der Waals surface area contributed by atoms with Gasteiger partial charge >= 0.3 is 25.9 Å². The van der Waals surface area contributed by atoms with Crippen molar-refractivity contribution >= 4 is 149 Å². The second-order valence-electron chi connectivity index (χ2n) is 30.7. The van der Waals surface area contributed by atoms with Gasteiger partial charge in [-0.25, -0.2) is 30.9 Å². The Hall–Kier alpha value is -5.38. The van der Waals surface area contributed by atoms with Crippen molar-refractivity contribution in [3.8, 4) is 0 Å². The van der Waals surface area contributed by atoms with Crippen molar-refractivity contribution in [2.45, 2.75) is 190 Å². The first kappa shape index (κ1) is 90.4. The van der Waals surface area contributed by atoms with Gasteiger partial charge in [-0.05, 0) is 78.1 Å². The Morgan fingerprint density at radius 1 is 0.757 bits per heavy atom. The Balaban J connectivity index is 0.000000240. The van der Waals surface area contributed by atoms with E-state index in [1.807, 2.05) is 26.2 Å². The standard InChI is InChI=1S/C41H62N8O13P2S2Si2.C21H24N8O12P2S2.2H3N/c1-23(2)34(50)46-39-45-33-28(35(51)47-39)44-22-49(33)37-31-30(61-67(10,11)40(3,4)5)27(58-37)20-55-63(53,65)59-29-26(21-56-64(66,60-31)54-19-17-42-9)57-38(32(29)62-68(12,13)41(6,7)8)48-18-15-25-24(36(48)52)14-16-43-25;22-20-25-16-11(17(32)26-20)24-7-29(16)19-15-12(30)8(38-19)5-36-42(34,44)40-14-9(6-37-43(35,45)41-15)39-18(13(14)31)28-3-1-10-23-2-4-27(10)21(28)33;;/h14-16,18,22-24,26-27,29-32,37-38H,17,19-21H2,1-8,10-13H3,(H,53,65)(H2,45,46,47,50,51);1-4,7-9,12-15,18-19,30-31H,5-6H2,(H,34,44)(H,35,45)(H3,22,25,26,32);2*1H3/p+1/t24?,26-,27-,29-,30-,31-,32-,37-,38-,63?,64?;8-,9-,12-,13-,14-,15-,18-,19-,42?,43?;;/m11../s1. The Labute approximate surface area is 679 Å². The number of ether oxygens (including phenoxy) is 4. The second kappa shape index (κ2) is 34.3. The molecule has 14 heterocycles. The summed E-state index contributed by atoms with van der Waals surface area (Å²) >= 11 is 21.2. The van der Waals surface area contributed by atoms with Crippen molar-refractivity contribution < 1.29 is 103 Å². The van der Waals surface area contributed by atoms with E-state index < -0.39 is 197 Å². The molecule has 6 saturated heterocycles. The van der Waals surface area contributed by atoms with Gasteiger partial charge in [0.15, 0.2) is 63.9 Å². The predicted octanol–water partition coefficient (Wildman–Crippen LogP) is 5.17. The summed E-state index contributed by atoms with van der Waals surface area (Å²) in [5.41, 5.74) is 4.48. The summed E-state index contributed by atoms with van der Waals surface area (Å²) in [6.07, 6.45) is -7.46. The molecule has 0 aromatic carbocycles. The number of hydrogen-bond acceptors (Lipinski definition) is 34. The van der Waals surface area contributed by atoms with Crippen molar-refractivity contribution in [3.05, 3.63) is 104 Å². The van der Waals surface area contributed by atoms with Gasteiger partial charge in [0.05, 0.1) is 44.8 Å². The number of imidazole rings is 3. The molecule has 0 spiro atoms. The number of aliphatic imine (C=N–C) groups is 1. The number of aromatic amines is 2. The minimum Gasteiger partial charge on any atom is -0.780 e. The maximum atomic E-state index is 14.2. The Bertz CT molecular complexity index is 5210. The number of carbonyl (C=O) groups excluding carboxylic acids is 2. The molecule has 16 N–H and O–H groups in total. The molecule has 0 aliphatic carbocycles. The lowest BCUT2D eigenvalue weighted by atomic mass is 9.99. The third-order valence-corrected chi connectivity index (χ3v) is 36.7. The summed E-state index contributed by atoms with van der Waals surface area (Å²) in [4.78, 5) is 126. The molecule has 8 aliphatic heterocycles. The summed E-state index contributed by atoms with van der Waals surface area (Å²) in [6, 6.07) is 1.50. The van der Waals surface area contributed by atoms with E-state index in [0.29, 0.717) is 11.4 Å². The van der Waals surface area contributed by atoms with E-state index in [0.717, 1.165) is 4.57 Å². The molecule has 115 heavy (non-hydrogen) atoms. The number of allylic oxidation sites excluding steroid dienone is 1. The van der Waals surface area contributed by atoms with E-state index in [2.05, 4.69) is 104 Å². The van der Waals surface area contributed by atoms with Gasteiger partial charge in [0, 0.05) is 36.9 Å². The number of aromatic nitrogens is 11. The lowest BCUT2D eigenvalue weighted by Crippen LogP contribution is -2.55. The monoisotopic (exact) mass is 1800 g/mol. The second-order valence-corrected chi connectivity index (χ2v) is 51.5. The van der Waals surface area contributed by atoms with E-state index in [-0.39, 0.29) is 81.6 Å². The molecule has 632 valence electrons. The van der Waals surface area contributed by atoms with E-state index in [4.69, 9.17) is 116 Å². The van der Waals surface area contributed by atoms with Crippen LogP contribution in [0.4, 0.5) is 11.9 Å². The zero-order chi connectivity index (χ0) is 81.8. The van der Waals surface area contributed by atoms with Crippen LogP contribution in [0.15, 0.2) is 81.2 Å². The summed E-state index contributed by atoms with van der Waals surface area (Å²) < 4.78 is 113. The number of aliphatic hydroxyl groups is 2. The molecule has 53 heteroatoms. The van der Waals surface area contributed by atoms with E-state index in [1.54, 1.807) is 38.4 Å². The fraction of sp³-hybridized carbons (Fsp3) is 0.613.